The Morgan fingerprint density at radius 1 is 0.468 bits per heavy atom. The van der Waals surface area contributed by atoms with Crippen LogP contribution in [0.1, 0.15) is 124 Å². The Kier molecular flexibility index (Phi) is 10.6. The first kappa shape index (κ1) is 45.2. The van der Waals surface area contributed by atoms with Crippen molar-refractivity contribution in [3.05, 3.63) is 295 Å². The minimum absolute atomic E-state index is 0.0551. The summed E-state index contributed by atoms with van der Waals surface area (Å²) in [5.41, 5.74) is 14.0. The van der Waals surface area contributed by atoms with Gasteiger partial charge in [0.05, 0.1) is 52.6 Å². The molecule has 5 nitrogen and oxygen atoms in total. The summed E-state index contributed by atoms with van der Waals surface area (Å²) in [7, 11) is -5.59. The Hall–Kier alpha value is -10.1. The first-order chi connectivity index (χ1) is 51.1. The minimum atomic E-state index is -5.59. The van der Waals surface area contributed by atoms with Gasteiger partial charge in [0.1, 0.15) is 17.3 Å². The molecule has 460 valence electrons. The predicted octanol–water partition coefficient (Wildman–Crippen LogP) is 19.3. The average molecular weight is 1250 g/mol. The van der Waals surface area contributed by atoms with E-state index in [1.54, 1.807) is 6.07 Å². The highest BCUT2D eigenvalue weighted by Crippen LogP contribution is 2.53. The number of hydrogen-bond acceptors (Lipinski definition) is 2. The van der Waals surface area contributed by atoms with Gasteiger partial charge >= 0.3 is 0 Å². The van der Waals surface area contributed by atoms with E-state index in [2.05, 4.69) is 170 Å². The molecule has 0 atom stereocenters. The molecule has 3 aromatic heterocycles. The lowest BCUT2D eigenvalue weighted by Crippen LogP contribution is -2.74. The van der Waals surface area contributed by atoms with Gasteiger partial charge in [0.25, 0.3) is 6.33 Å². The molecular formula is C88H78N4OSi. The van der Waals surface area contributed by atoms with Gasteiger partial charge in [-0.1, -0.05) is 269 Å². The first-order valence-electron chi connectivity index (χ1n) is 39.2. The summed E-state index contributed by atoms with van der Waals surface area (Å²) in [6.07, 6.45) is 7.64. The van der Waals surface area contributed by atoms with Gasteiger partial charge in [-0.05, 0) is 177 Å². The van der Waals surface area contributed by atoms with Crippen LogP contribution in [-0.4, -0.2) is 22.2 Å². The number of aromatic nitrogens is 4. The van der Waals surface area contributed by atoms with Crippen LogP contribution >= 0.6 is 0 Å². The van der Waals surface area contributed by atoms with Crippen molar-refractivity contribution in [1.82, 2.24) is 14.1 Å². The zero-order chi connectivity index (χ0) is 76.7. The molecule has 1 aliphatic carbocycles. The number of ether oxygens (including phenoxy) is 1. The van der Waals surface area contributed by atoms with Gasteiger partial charge in [-0.25, -0.2) is 4.98 Å². The predicted molar refractivity (Wildman–Crippen MR) is 394 cm³/mol. The molecule has 0 radical (unpaired) electrons. The van der Waals surface area contributed by atoms with Gasteiger partial charge in [-0.2, -0.15) is 0 Å². The molecule has 0 amide bonds. The summed E-state index contributed by atoms with van der Waals surface area (Å²) >= 11 is 0. The number of imidazole rings is 1. The van der Waals surface area contributed by atoms with Crippen LogP contribution in [0.4, 0.5) is 0 Å². The molecule has 0 saturated carbocycles. The molecule has 6 heteroatoms. The molecule has 0 spiro atoms. The fourth-order valence-electron chi connectivity index (χ4n) is 14.7. The van der Waals surface area contributed by atoms with Crippen LogP contribution in [0.25, 0.3) is 94.5 Å². The molecule has 0 N–H and O–H groups in total. The SMILES string of the molecule is [2H]c1cc([Si](c2cc3c4c(c2)n(-c2cccc(Oc5ccc6c7ccccc7n(-c7cc(C(C)(C)C)ccn7)c6c5)c2)[c-][n+]4-c2c(-c4ccc(C(C)(C)C)cc4)cccc2-c2cc4c(cc2-c2ccccc2-3)C(C)(C)CCC4(C)C)(c2c([2H])c([2H])c([2H])c([2H])c2[2H])c2c([2H])c([2H])c([2H])c([2H])c2[2H])c([2H])c([2H])c1[2H]. The molecule has 1 aliphatic heterocycles. The van der Waals surface area contributed by atoms with Crippen LogP contribution in [0.5, 0.6) is 11.5 Å². The Balaban J connectivity index is 1.08. The molecule has 0 bridgehead atoms. The van der Waals surface area contributed by atoms with Crippen molar-refractivity contribution in [2.24, 2.45) is 0 Å². The van der Waals surface area contributed by atoms with Crippen LogP contribution in [0.15, 0.2) is 267 Å². The molecule has 11 aromatic carbocycles. The van der Waals surface area contributed by atoms with Crippen LogP contribution in [-0.2, 0) is 21.7 Å². The number of rotatable bonds is 9. The second-order valence-corrected chi connectivity index (χ2v) is 32.2. The number of pyridine rings is 1. The van der Waals surface area contributed by atoms with Gasteiger partial charge in [0, 0.05) is 23.0 Å². The van der Waals surface area contributed by atoms with E-state index in [9.17, 15) is 15.1 Å². The van der Waals surface area contributed by atoms with Gasteiger partial charge in [0.15, 0.2) is 8.07 Å². The lowest BCUT2D eigenvalue weighted by atomic mass is 9.62. The van der Waals surface area contributed by atoms with E-state index in [0.717, 1.165) is 96.7 Å². The standard InChI is InChI=1S/C88H78N4OSi/c1-85(2,3)59-42-40-58(41-43-59)68-37-25-38-73-75-56-78-77(87(7,8)47-48-88(78,9)10)55-74(75)69-34-20-21-35-70(69)76-53-67(94(64-28-14-11-15-29-64,65-30-16-12-17-31-65)66-32-18-13-19-33-66)54-81-84(76)91(83(68)73)57-90(81)61-26-24-27-62(51-61)93-63-44-45-72-71-36-22-23-39-79(71)92(80(72)52-63)82-50-60(46-49-89-82)86(4,5)6/h11-46,49-56H,47-48H2,1-10H3/i11D,12D,13D,14D,15D,16D,17D,18D,19D,28D,29D,30D,31D,32D. The van der Waals surface area contributed by atoms with E-state index in [1.165, 1.54) is 11.1 Å². The van der Waals surface area contributed by atoms with Crippen LogP contribution in [0.3, 0.4) is 0 Å². The monoisotopic (exact) mass is 1250 g/mol. The topological polar surface area (TPSA) is 35.9 Å². The second-order valence-electron chi connectivity index (χ2n) is 28.6. The van der Waals surface area contributed by atoms with Crippen LogP contribution in [0.2, 0.25) is 0 Å². The summed E-state index contributed by atoms with van der Waals surface area (Å²) in [6.45, 7) is 22.3. The summed E-state index contributed by atoms with van der Waals surface area (Å²) in [6, 6.07) is 47.7. The van der Waals surface area contributed by atoms with Crippen LogP contribution in [0, 0.1) is 6.33 Å². The maximum atomic E-state index is 10.2. The van der Waals surface area contributed by atoms with Crippen molar-refractivity contribution >= 4 is 61.7 Å². The summed E-state index contributed by atoms with van der Waals surface area (Å²) in [4.78, 5) is 4.94. The molecule has 2 aliphatic rings. The Bertz CT molecular complexity index is 6070. The smallest absolute Gasteiger partial charge is 0.269 e. The number of benzene rings is 11. The first-order valence-corrected chi connectivity index (χ1v) is 34.2. The Morgan fingerprint density at radius 3 is 1.74 bits per heavy atom. The van der Waals surface area contributed by atoms with E-state index in [-0.39, 0.29) is 32.0 Å². The lowest BCUT2D eigenvalue weighted by Gasteiger charge is -2.42. The van der Waals surface area contributed by atoms with Crippen molar-refractivity contribution in [1.29, 1.82) is 0 Å². The van der Waals surface area contributed by atoms with Gasteiger partial charge in [-0.15, -0.1) is 0 Å². The number of fused-ring (bicyclic) bond motifs is 11. The van der Waals surface area contributed by atoms with Crippen molar-refractivity contribution in [3.63, 3.8) is 0 Å². The van der Waals surface area contributed by atoms with Crippen molar-refractivity contribution in [3.8, 4) is 73.2 Å². The van der Waals surface area contributed by atoms with E-state index in [4.69, 9.17) is 13.8 Å². The van der Waals surface area contributed by atoms with Crippen molar-refractivity contribution in [2.75, 3.05) is 0 Å². The van der Waals surface area contributed by atoms with E-state index < -0.39 is 103 Å². The highest BCUT2D eigenvalue weighted by Gasteiger charge is 2.44. The fourth-order valence-corrected chi connectivity index (χ4v) is 18.6. The maximum absolute atomic E-state index is 10.2. The third-order valence-electron chi connectivity index (χ3n) is 19.8. The molecule has 94 heavy (non-hydrogen) atoms. The Morgan fingerprint density at radius 2 is 1.05 bits per heavy atom. The van der Waals surface area contributed by atoms with Crippen molar-refractivity contribution in [2.45, 2.75) is 104 Å². The Labute approximate surface area is 574 Å². The third-order valence-corrected chi connectivity index (χ3v) is 24.0. The molecule has 16 rings (SSSR count). The molecular weight excluding hydrogens is 1160 g/mol. The number of para-hydroxylation sites is 2. The van der Waals surface area contributed by atoms with Crippen molar-refractivity contribution < 1.29 is 28.5 Å². The number of hydrogen-bond donors (Lipinski definition) is 0. The fraction of sp³-hybridized carbons (Fsp3) is 0.182. The molecule has 4 heterocycles. The normalized spacial score (nSPS) is 16.2. The largest absolute Gasteiger partial charge is 0.458 e. The molecule has 0 fully saturated rings. The summed E-state index contributed by atoms with van der Waals surface area (Å²) in [5.74, 6) is 1.68. The molecule has 14 aromatic rings. The zero-order valence-electron chi connectivity index (χ0n) is 68.4. The quantitative estimate of drug-likeness (QED) is 0.0625. The minimum Gasteiger partial charge on any atom is -0.458 e. The maximum Gasteiger partial charge on any atom is 0.269 e. The zero-order valence-corrected chi connectivity index (χ0v) is 55.4. The number of nitrogens with zero attached hydrogens (tertiary/aromatic N) is 4. The van der Waals surface area contributed by atoms with E-state index >= 15 is 0 Å². The molecule has 0 unspecified atom stereocenters. The average Bonchev–Trinajstić information content (AvgIpc) is 1.02. The van der Waals surface area contributed by atoms with E-state index in [1.807, 2.05) is 89.6 Å². The lowest BCUT2D eigenvalue weighted by molar-refractivity contribution is -0.570. The van der Waals surface area contributed by atoms with E-state index in [0.29, 0.717) is 39.3 Å². The van der Waals surface area contributed by atoms with Gasteiger partial charge in [-0.3, -0.25) is 13.7 Å². The third kappa shape index (κ3) is 9.62. The summed E-state index contributed by atoms with van der Waals surface area (Å²) < 4.78 is 149. The summed E-state index contributed by atoms with van der Waals surface area (Å²) in [5, 5.41) is 0.778. The van der Waals surface area contributed by atoms with Crippen LogP contribution < -0.4 is 30.1 Å². The second kappa shape index (κ2) is 22.0. The van der Waals surface area contributed by atoms with Gasteiger partial charge in [0.2, 0.25) is 0 Å². The highest BCUT2D eigenvalue weighted by molar-refractivity contribution is 7.20. The highest BCUT2D eigenvalue weighted by atomic mass is 28.3. The van der Waals surface area contributed by atoms with Gasteiger partial charge < -0.3 is 4.74 Å². The molecule has 0 saturated heterocycles.